The number of benzene rings is 1. The van der Waals surface area contributed by atoms with Gasteiger partial charge in [0, 0.05) is 18.6 Å². The largest absolute Gasteiger partial charge is 0.480 e. The molecule has 1 heterocycles. The Labute approximate surface area is 117 Å². The molecule has 0 bridgehead atoms. The van der Waals surface area contributed by atoms with E-state index in [1.54, 1.807) is 12.1 Å². The summed E-state index contributed by atoms with van der Waals surface area (Å²) in [6.07, 6.45) is 4.17. The summed E-state index contributed by atoms with van der Waals surface area (Å²) < 4.78 is 28.3. The van der Waals surface area contributed by atoms with Gasteiger partial charge in [-0.3, -0.25) is 4.98 Å². The summed E-state index contributed by atoms with van der Waals surface area (Å²) in [5.41, 5.74) is 7.22. The predicted molar refractivity (Wildman–Crippen MR) is 74.2 cm³/mol. The zero-order valence-corrected chi connectivity index (χ0v) is 12.0. The van der Waals surface area contributed by atoms with Gasteiger partial charge in [0.2, 0.25) is 5.88 Å². The maximum Gasteiger partial charge on any atom is 0.237 e. The fraction of sp³-hybridized carbons (Fsp3) is 0.231. The quantitative estimate of drug-likeness (QED) is 0.901. The van der Waals surface area contributed by atoms with Crippen LogP contribution in [0.3, 0.4) is 0 Å². The van der Waals surface area contributed by atoms with Crippen molar-refractivity contribution >= 4 is 9.84 Å². The minimum Gasteiger partial charge on any atom is -0.480 e. The van der Waals surface area contributed by atoms with Crippen LogP contribution in [0.4, 0.5) is 0 Å². The zero-order chi connectivity index (χ0) is 14.8. The lowest BCUT2D eigenvalue weighted by Crippen LogP contribution is -2.16. The molecule has 1 aromatic carbocycles. The van der Waals surface area contributed by atoms with Gasteiger partial charge in [-0.25, -0.2) is 13.4 Å². The number of methoxy groups -OCH3 is 1. The molecule has 0 spiro atoms. The number of hydrogen-bond acceptors (Lipinski definition) is 6. The Bertz CT molecular complexity index is 716. The normalized spacial score (nSPS) is 12.9. The number of aromatic nitrogens is 2. The molecule has 0 aliphatic heterocycles. The van der Waals surface area contributed by atoms with Gasteiger partial charge in [-0.2, -0.15) is 0 Å². The maximum absolute atomic E-state index is 11.6. The van der Waals surface area contributed by atoms with Crippen molar-refractivity contribution in [2.45, 2.75) is 10.9 Å². The van der Waals surface area contributed by atoms with Crippen LogP contribution in [0.1, 0.15) is 17.3 Å². The van der Waals surface area contributed by atoms with E-state index in [9.17, 15) is 8.42 Å². The highest BCUT2D eigenvalue weighted by Gasteiger charge is 2.18. The monoisotopic (exact) mass is 293 g/mol. The Hall–Kier alpha value is -1.99. The molecule has 0 aliphatic rings. The molecule has 0 radical (unpaired) electrons. The van der Waals surface area contributed by atoms with Gasteiger partial charge < -0.3 is 10.5 Å². The Morgan fingerprint density at radius 2 is 1.95 bits per heavy atom. The number of nitrogens with two attached hydrogens (primary N) is 1. The van der Waals surface area contributed by atoms with E-state index in [-0.39, 0.29) is 4.90 Å². The van der Waals surface area contributed by atoms with Crippen LogP contribution in [-0.4, -0.2) is 31.8 Å². The fourth-order valence-corrected chi connectivity index (χ4v) is 2.48. The Morgan fingerprint density at radius 1 is 1.25 bits per heavy atom. The summed E-state index contributed by atoms with van der Waals surface area (Å²) in [7, 11) is -1.80. The van der Waals surface area contributed by atoms with Crippen molar-refractivity contribution in [2.24, 2.45) is 5.73 Å². The molecule has 0 amide bonds. The average Bonchev–Trinajstić information content (AvgIpc) is 2.45. The number of nitrogens with zero attached hydrogens (tertiary/aromatic N) is 2. The van der Waals surface area contributed by atoms with Gasteiger partial charge in [0.25, 0.3) is 0 Å². The Balaban J connectivity index is 2.46. The minimum absolute atomic E-state index is 0.216. The van der Waals surface area contributed by atoms with Crippen LogP contribution in [0.25, 0.3) is 0 Å². The molecule has 0 saturated heterocycles. The second-order valence-electron chi connectivity index (χ2n) is 4.27. The summed E-state index contributed by atoms with van der Waals surface area (Å²) in [4.78, 5) is 8.40. The molecule has 20 heavy (non-hydrogen) atoms. The standard InChI is InChI=1S/C13H15N3O3S/c1-19-13-12(15-6-7-16-13)11(14)9-4-3-5-10(8-9)20(2,17)18/h3-8,11H,14H2,1-2H3. The first kappa shape index (κ1) is 14.4. The predicted octanol–water partition coefficient (Wildman–Crippen LogP) is 0.937. The minimum atomic E-state index is -3.28. The summed E-state index contributed by atoms with van der Waals surface area (Å²) in [5, 5.41) is 0. The van der Waals surface area contributed by atoms with Gasteiger partial charge >= 0.3 is 0 Å². The molecular weight excluding hydrogens is 278 g/mol. The van der Waals surface area contributed by atoms with Gasteiger partial charge in [0.15, 0.2) is 9.84 Å². The highest BCUT2D eigenvalue weighted by atomic mass is 32.2. The van der Waals surface area contributed by atoms with Crippen molar-refractivity contribution in [1.82, 2.24) is 9.97 Å². The number of rotatable bonds is 4. The third kappa shape index (κ3) is 2.94. The van der Waals surface area contributed by atoms with E-state index in [2.05, 4.69) is 9.97 Å². The van der Waals surface area contributed by atoms with E-state index in [0.717, 1.165) is 6.26 Å². The molecule has 1 unspecified atom stereocenters. The smallest absolute Gasteiger partial charge is 0.237 e. The topological polar surface area (TPSA) is 95.2 Å². The second-order valence-corrected chi connectivity index (χ2v) is 6.29. The van der Waals surface area contributed by atoms with Crippen molar-refractivity contribution in [3.63, 3.8) is 0 Å². The van der Waals surface area contributed by atoms with Crippen LogP contribution in [0.15, 0.2) is 41.6 Å². The van der Waals surface area contributed by atoms with E-state index in [1.165, 1.54) is 31.6 Å². The highest BCUT2D eigenvalue weighted by molar-refractivity contribution is 7.90. The van der Waals surface area contributed by atoms with Gasteiger partial charge in [0.05, 0.1) is 18.0 Å². The Kier molecular flexibility index (Phi) is 4.01. The molecule has 0 fully saturated rings. The SMILES string of the molecule is COc1nccnc1C(N)c1cccc(S(C)(=O)=O)c1. The molecule has 0 aliphatic carbocycles. The average molecular weight is 293 g/mol. The van der Waals surface area contributed by atoms with Crippen molar-refractivity contribution in [3.05, 3.63) is 47.9 Å². The maximum atomic E-state index is 11.6. The van der Waals surface area contributed by atoms with Crippen molar-refractivity contribution in [2.75, 3.05) is 13.4 Å². The van der Waals surface area contributed by atoms with E-state index in [1.807, 2.05) is 0 Å². The molecule has 6 nitrogen and oxygen atoms in total. The van der Waals surface area contributed by atoms with Crippen LogP contribution >= 0.6 is 0 Å². The summed E-state index contributed by atoms with van der Waals surface area (Å²) in [6, 6.07) is 5.84. The van der Waals surface area contributed by atoms with Crippen LogP contribution in [0, 0.1) is 0 Å². The lowest BCUT2D eigenvalue weighted by atomic mass is 10.0. The second kappa shape index (κ2) is 5.56. The first-order valence-corrected chi connectivity index (χ1v) is 7.73. The molecule has 1 atom stereocenters. The van der Waals surface area contributed by atoms with Gasteiger partial charge in [-0.05, 0) is 17.7 Å². The number of sulfone groups is 1. The highest BCUT2D eigenvalue weighted by Crippen LogP contribution is 2.25. The lowest BCUT2D eigenvalue weighted by molar-refractivity contribution is 0.387. The molecule has 2 rings (SSSR count). The van der Waals surface area contributed by atoms with Crippen LogP contribution in [0.2, 0.25) is 0 Å². The first-order chi connectivity index (χ1) is 9.43. The molecule has 2 aromatic rings. The molecule has 7 heteroatoms. The third-order valence-electron chi connectivity index (χ3n) is 2.82. The van der Waals surface area contributed by atoms with Gasteiger partial charge in [-0.15, -0.1) is 0 Å². The van der Waals surface area contributed by atoms with Crippen LogP contribution in [0.5, 0.6) is 5.88 Å². The van der Waals surface area contributed by atoms with Gasteiger partial charge in [0.1, 0.15) is 5.69 Å². The summed E-state index contributed by atoms with van der Waals surface area (Å²) in [6.45, 7) is 0. The van der Waals surface area contributed by atoms with Crippen LogP contribution in [-0.2, 0) is 9.84 Å². The molecule has 1 aromatic heterocycles. The lowest BCUT2D eigenvalue weighted by Gasteiger charge is -2.14. The zero-order valence-electron chi connectivity index (χ0n) is 11.1. The van der Waals surface area contributed by atoms with Crippen LogP contribution < -0.4 is 10.5 Å². The van der Waals surface area contributed by atoms with E-state index in [0.29, 0.717) is 17.1 Å². The Morgan fingerprint density at radius 3 is 2.60 bits per heavy atom. The fourth-order valence-electron chi connectivity index (χ4n) is 1.80. The van der Waals surface area contributed by atoms with Crippen molar-refractivity contribution < 1.29 is 13.2 Å². The van der Waals surface area contributed by atoms with Gasteiger partial charge in [-0.1, -0.05) is 12.1 Å². The first-order valence-electron chi connectivity index (χ1n) is 5.84. The number of hydrogen-bond donors (Lipinski definition) is 1. The molecule has 0 saturated carbocycles. The van der Waals surface area contributed by atoms with E-state index >= 15 is 0 Å². The van der Waals surface area contributed by atoms with E-state index in [4.69, 9.17) is 10.5 Å². The van der Waals surface area contributed by atoms with Crippen molar-refractivity contribution in [1.29, 1.82) is 0 Å². The third-order valence-corrected chi connectivity index (χ3v) is 3.93. The van der Waals surface area contributed by atoms with Crippen molar-refractivity contribution in [3.8, 4) is 5.88 Å². The number of ether oxygens (including phenoxy) is 1. The molecule has 2 N–H and O–H groups in total. The van der Waals surface area contributed by atoms with E-state index < -0.39 is 15.9 Å². The summed E-state index contributed by atoms with van der Waals surface area (Å²) >= 11 is 0. The molecular formula is C13H15N3O3S. The molecule has 106 valence electrons. The summed E-state index contributed by atoms with van der Waals surface area (Å²) in [5.74, 6) is 0.324.